The minimum Gasteiger partial charge on any atom is -0.469 e. The Bertz CT molecular complexity index is 229. The van der Waals surface area contributed by atoms with Crippen molar-refractivity contribution in [2.24, 2.45) is 0 Å². The molecule has 0 N–H and O–H groups in total. The molecule has 0 aromatic rings. The molecule has 0 aliphatic carbocycles. The Morgan fingerprint density at radius 3 is 1.79 bits per heavy atom. The topological polar surface area (TPSA) is 9.23 Å². The number of allylic oxidation sites excluding steroid dienone is 1. The fourth-order valence-corrected chi connectivity index (χ4v) is 0.438. The van der Waals surface area contributed by atoms with E-state index in [1.54, 1.807) is 0 Å². The minimum atomic E-state index is -6.19. The van der Waals surface area contributed by atoms with E-state index in [-0.39, 0.29) is 0 Å². The lowest BCUT2D eigenvalue weighted by Crippen LogP contribution is -2.37. The van der Waals surface area contributed by atoms with Crippen molar-refractivity contribution in [3.8, 4) is 0 Å². The van der Waals surface area contributed by atoms with Crippen LogP contribution in [0.1, 0.15) is 6.92 Å². The van der Waals surface area contributed by atoms with Gasteiger partial charge in [-0.25, -0.2) is 0 Å². The average molecular weight is 226 g/mol. The van der Waals surface area contributed by atoms with Crippen LogP contribution in [-0.2, 0) is 4.74 Å². The van der Waals surface area contributed by atoms with Crippen molar-refractivity contribution in [3.63, 3.8) is 0 Å². The summed E-state index contributed by atoms with van der Waals surface area (Å²) < 4.78 is 86.2. The first-order valence-corrected chi connectivity index (χ1v) is 3.27. The van der Waals surface area contributed by atoms with E-state index in [9.17, 15) is 30.7 Å². The second-order valence-electron chi connectivity index (χ2n) is 2.09. The van der Waals surface area contributed by atoms with Gasteiger partial charge in [-0.1, -0.05) is 0 Å². The first-order valence-electron chi connectivity index (χ1n) is 3.27. The van der Waals surface area contributed by atoms with Gasteiger partial charge in [0.15, 0.2) is 0 Å². The van der Waals surface area contributed by atoms with E-state index in [1.807, 2.05) is 0 Å². The van der Waals surface area contributed by atoms with Crippen molar-refractivity contribution in [1.29, 1.82) is 0 Å². The van der Waals surface area contributed by atoms with Crippen LogP contribution in [0.25, 0.3) is 0 Å². The fourth-order valence-electron chi connectivity index (χ4n) is 0.438. The standard InChI is InChI=1S/C6H5F7O/c1-2-14-4(8)3(7)5(9,10)6(11,12)13/h2H2,1H3. The molecule has 0 aliphatic rings. The second kappa shape index (κ2) is 4.05. The van der Waals surface area contributed by atoms with Crippen LogP contribution in [-0.4, -0.2) is 18.7 Å². The third-order valence-electron chi connectivity index (χ3n) is 1.08. The van der Waals surface area contributed by atoms with Crippen LogP contribution in [0.15, 0.2) is 11.8 Å². The summed E-state index contributed by atoms with van der Waals surface area (Å²) in [6, 6.07) is -2.56. The quantitative estimate of drug-likeness (QED) is 0.529. The summed E-state index contributed by atoms with van der Waals surface area (Å²) in [5.41, 5.74) is 0. The molecule has 14 heavy (non-hydrogen) atoms. The van der Waals surface area contributed by atoms with Gasteiger partial charge in [0.25, 0.3) is 5.83 Å². The molecule has 0 aromatic carbocycles. The average Bonchev–Trinajstić information content (AvgIpc) is 2.01. The molecule has 0 spiro atoms. The molecule has 0 aliphatic heterocycles. The molecule has 0 bridgehead atoms. The van der Waals surface area contributed by atoms with Gasteiger partial charge in [-0.2, -0.15) is 30.7 Å². The first-order chi connectivity index (χ1) is 6.14. The molecule has 0 unspecified atom stereocenters. The van der Waals surface area contributed by atoms with Gasteiger partial charge < -0.3 is 4.74 Å². The maximum Gasteiger partial charge on any atom is 0.460 e. The first kappa shape index (κ1) is 13.0. The van der Waals surface area contributed by atoms with E-state index in [2.05, 4.69) is 4.74 Å². The maximum absolute atomic E-state index is 12.2. The highest BCUT2D eigenvalue weighted by atomic mass is 19.4. The molecule has 84 valence electrons. The summed E-state index contributed by atoms with van der Waals surface area (Å²) in [7, 11) is 0. The molecule has 0 atom stereocenters. The summed E-state index contributed by atoms with van der Waals surface area (Å²) >= 11 is 0. The Labute approximate surface area is 74.1 Å². The minimum absolute atomic E-state index is 0.562. The summed E-state index contributed by atoms with van der Waals surface area (Å²) in [4.78, 5) is 0. The third kappa shape index (κ3) is 2.52. The normalized spacial score (nSPS) is 15.1. The summed E-state index contributed by atoms with van der Waals surface area (Å²) in [5, 5.41) is 0. The van der Waals surface area contributed by atoms with Gasteiger partial charge >= 0.3 is 18.1 Å². The fraction of sp³-hybridized carbons (Fsp3) is 0.667. The molecule has 0 rings (SSSR count). The lowest BCUT2D eigenvalue weighted by molar-refractivity contribution is -0.272. The van der Waals surface area contributed by atoms with E-state index >= 15 is 0 Å². The highest BCUT2D eigenvalue weighted by Crippen LogP contribution is 2.43. The molecule has 0 radical (unpaired) electrons. The zero-order valence-corrected chi connectivity index (χ0v) is 6.76. The van der Waals surface area contributed by atoms with Crippen molar-refractivity contribution in [3.05, 3.63) is 11.8 Å². The molecular weight excluding hydrogens is 221 g/mol. The molecule has 8 heteroatoms. The van der Waals surface area contributed by atoms with E-state index in [4.69, 9.17) is 0 Å². The predicted octanol–water partition coefficient (Wildman–Crippen LogP) is 3.33. The third-order valence-corrected chi connectivity index (χ3v) is 1.08. The van der Waals surface area contributed by atoms with Crippen LogP contribution >= 0.6 is 0 Å². The lowest BCUT2D eigenvalue weighted by Gasteiger charge is -2.17. The van der Waals surface area contributed by atoms with E-state index in [1.165, 1.54) is 0 Å². The van der Waals surface area contributed by atoms with Gasteiger partial charge in [-0.05, 0) is 6.92 Å². The molecule has 0 fully saturated rings. The van der Waals surface area contributed by atoms with Gasteiger partial charge in [0.05, 0.1) is 6.61 Å². The SMILES string of the molecule is CCOC(F)=C(F)C(F)(F)C(F)(F)F. The van der Waals surface area contributed by atoms with Crippen molar-refractivity contribution < 1.29 is 35.5 Å². The highest BCUT2D eigenvalue weighted by Gasteiger charge is 2.63. The smallest absolute Gasteiger partial charge is 0.460 e. The molecule has 0 amide bonds. The summed E-state index contributed by atoms with van der Waals surface area (Å²) in [5.74, 6) is -9.14. The van der Waals surface area contributed by atoms with Gasteiger partial charge in [0, 0.05) is 0 Å². The Hall–Kier alpha value is -0.950. The number of rotatable bonds is 3. The number of hydrogen-bond donors (Lipinski definition) is 0. The van der Waals surface area contributed by atoms with Crippen molar-refractivity contribution >= 4 is 0 Å². The Morgan fingerprint density at radius 1 is 1.07 bits per heavy atom. The molecule has 1 nitrogen and oxygen atoms in total. The van der Waals surface area contributed by atoms with Gasteiger partial charge in [0.2, 0.25) is 0 Å². The molecule has 0 saturated carbocycles. The molecule has 0 saturated heterocycles. The number of hydrogen-bond acceptors (Lipinski definition) is 1. The Kier molecular flexibility index (Phi) is 3.78. The zero-order valence-electron chi connectivity index (χ0n) is 6.76. The number of ether oxygens (including phenoxy) is 1. The molecular formula is C6H5F7O. The van der Waals surface area contributed by atoms with Crippen LogP contribution in [0.2, 0.25) is 0 Å². The molecule has 0 aromatic heterocycles. The largest absolute Gasteiger partial charge is 0.469 e. The lowest BCUT2D eigenvalue weighted by atomic mass is 10.3. The number of alkyl halides is 5. The molecule has 0 heterocycles. The number of halogens is 7. The van der Waals surface area contributed by atoms with Crippen LogP contribution in [0.5, 0.6) is 0 Å². The monoisotopic (exact) mass is 226 g/mol. The van der Waals surface area contributed by atoms with Gasteiger partial charge in [-0.15, -0.1) is 0 Å². The van der Waals surface area contributed by atoms with Crippen LogP contribution < -0.4 is 0 Å². The zero-order chi connectivity index (χ0) is 11.6. The van der Waals surface area contributed by atoms with Crippen molar-refractivity contribution in [2.45, 2.75) is 19.0 Å². The summed E-state index contributed by atoms with van der Waals surface area (Å²) in [6.45, 7) is 0.534. The summed E-state index contributed by atoms with van der Waals surface area (Å²) in [6.07, 6.45) is -6.19. The van der Waals surface area contributed by atoms with Crippen molar-refractivity contribution in [1.82, 2.24) is 0 Å². The predicted molar refractivity (Wildman–Crippen MR) is 31.9 cm³/mol. The maximum atomic E-state index is 12.2. The Balaban J connectivity index is 5.00. The van der Waals surface area contributed by atoms with E-state index in [0.29, 0.717) is 0 Å². The van der Waals surface area contributed by atoms with Gasteiger partial charge in [-0.3, -0.25) is 0 Å². The van der Waals surface area contributed by atoms with Gasteiger partial charge in [0.1, 0.15) is 0 Å². The van der Waals surface area contributed by atoms with E-state index < -0.39 is 30.5 Å². The van der Waals surface area contributed by atoms with Crippen molar-refractivity contribution in [2.75, 3.05) is 6.61 Å². The van der Waals surface area contributed by atoms with E-state index in [0.717, 1.165) is 6.92 Å². The van der Waals surface area contributed by atoms with Crippen LogP contribution in [0.4, 0.5) is 30.7 Å². The Morgan fingerprint density at radius 2 is 1.50 bits per heavy atom. The van der Waals surface area contributed by atoms with Crippen LogP contribution in [0.3, 0.4) is 0 Å². The second-order valence-corrected chi connectivity index (χ2v) is 2.09. The highest BCUT2D eigenvalue weighted by molar-refractivity contribution is 5.08. The van der Waals surface area contributed by atoms with Crippen LogP contribution in [0, 0.1) is 0 Å².